The van der Waals surface area contributed by atoms with Crippen molar-refractivity contribution in [3.8, 4) is 0 Å². The van der Waals surface area contributed by atoms with Gasteiger partial charge in [-0.15, -0.1) is 11.8 Å². The van der Waals surface area contributed by atoms with Crippen LogP contribution >= 0.6 is 11.8 Å². The minimum atomic E-state index is -1.15. The Kier molecular flexibility index (Phi) is 5.32. The average molecular weight is 475 g/mol. The number of benzene rings is 3. The fraction of sp³-hybridized carbons (Fsp3) is 0.286. The van der Waals surface area contributed by atoms with E-state index in [-0.39, 0.29) is 22.4 Å². The smallest absolute Gasteiger partial charge is 0.268 e. The van der Waals surface area contributed by atoms with E-state index in [0.29, 0.717) is 18.7 Å². The lowest BCUT2D eigenvalue weighted by atomic mass is 10.0. The van der Waals surface area contributed by atoms with Crippen molar-refractivity contribution in [1.82, 2.24) is 4.90 Å². The molecule has 2 amide bonds. The Hall–Kier alpha value is -3.12. The molecule has 1 atom stereocenters. The lowest BCUT2D eigenvalue weighted by Gasteiger charge is -2.33. The largest absolute Gasteiger partial charge is 0.310 e. The second-order valence-electron chi connectivity index (χ2n) is 9.80. The Labute approximate surface area is 203 Å². The third-order valence-corrected chi connectivity index (χ3v) is 8.08. The van der Waals surface area contributed by atoms with Gasteiger partial charge in [0.1, 0.15) is 5.82 Å². The molecule has 3 aromatic carbocycles. The summed E-state index contributed by atoms with van der Waals surface area (Å²) in [6.45, 7) is 8.90. The summed E-state index contributed by atoms with van der Waals surface area (Å²) in [7, 11) is 0. The zero-order valence-corrected chi connectivity index (χ0v) is 20.6. The number of fused-ring (bicyclic) bond motifs is 2. The Bertz CT molecular complexity index is 1290. The Balaban J connectivity index is 1.64. The summed E-state index contributed by atoms with van der Waals surface area (Å²) in [6.07, 6.45) is 0. The van der Waals surface area contributed by atoms with Crippen molar-refractivity contribution in [2.75, 3.05) is 11.4 Å². The summed E-state index contributed by atoms with van der Waals surface area (Å²) in [5.74, 6) is -0.595. The molecule has 0 aliphatic carbocycles. The molecule has 3 aromatic rings. The molecule has 1 fully saturated rings. The predicted molar refractivity (Wildman–Crippen MR) is 134 cm³/mol. The van der Waals surface area contributed by atoms with Crippen LogP contribution < -0.4 is 4.90 Å². The highest BCUT2D eigenvalue weighted by Crippen LogP contribution is 2.60. The van der Waals surface area contributed by atoms with Crippen molar-refractivity contribution in [2.45, 2.75) is 43.9 Å². The van der Waals surface area contributed by atoms with E-state index in [1.807, 2.05) is 56.3 Å². The first kappa shape index (κ1) is 22.7. The number of aryl methyl sites for hydroxylation is 2. The Morgan fingerprint density at radius 2 is 1.62 bits per heavy atom. The minimum Gasteiger partial charge on any atom is -0.310 e. The molecule has 0 unspecified atom stereocenters. The van der Waals surface area contributed by atoms with Crippen LogP contribution in [0.1, 0.15) is 46.5 Å². The first-order valence-electron chi connectivity index (χ1n) is 11.4. The van der Waals surface area contributed by atoms with Gasteiger partial charge in [0.25, 0.3) is 11.8 Å². The van der Waals surface area contributed by atoms with Gasteiger partial charge in [-0.05, 0) is 63.6 Å². The van der Waals surface area contributed by atoms with E-state index in [1.165, 1.54) is 12.1 Å². The van der Waals surface area contributed by atoms with E-state index < -0.39 is 4.87 Å². The Morgan fingerprint density at radius 3 is 2.29 bits per heavy atom. The molecule has 0 aromatic heterocycles. The van der Waals surface area contributed by atoms with Crippen molar-refractivity contribution >= 4 is 29.3 Å². The standard InChI is InChI=1S/C28H27FN2O2S/c1-18-5-10-21(11-6-18)25(32)31-17-27(3,4)34-28(31)23-15-19(2)7-14-24(23)30(26(28)33)16-20-8-12-22(29)13-9-20/h5-15H,16-17H2,1-4H3/t28-/m1/s1. The molecule has 0 saturated carbocycles. The number of thioether (sulfide) groups is 1. The maximum atomic E-state index is 14.3. The van der Waals surface area contributed by atoms with Gasteiger partial charge in [0.15, 0.2) is 4.87 Å². The zero-order chi connectivity index (χ0) is 24.3. The maximum Gasteiger partial charge on any atom is 0.268 e. The fourth-order valence-corrected chi connectivity index (χ4v) is 6.62. The third kappa shape index (κ3) is 3.61. The quantitative estimate of drug-likeness (QED) is 0.481. The number of amides is 2. The summed E-state index contributed by atoms with van der Waals surface area (Å²) in [4.78, 5) is 30.5. The summed E-state index contributed by atoms with van der Waals surface area (Å²) >= 11 is 1.54. The van der Waals surface area contributed by atoms with Crippen LogP contribution in [0.15, 0.2) is 66.7 Å². The summed E-state index contributed by atoms with van der Waals surface area (Å²) in [6, 6.07) is 19.7. The van der Waals surface area contributed by atoms with Gasteiger partial charge in [-0.2, -0.15) is 0 Å². The maximum absolute atomic E-state index is 14.3. The van der Waals surface area contributed by atoms with Crippen molar-refractivity contribution < 1.29 is 14.0 Å². The molecular weight excluding hydrogens is 447 g/mol. The fourth-order valence-electron chi connectivity index (χ4n) is 4.90. The van der Waals surface area contributed by atoms with Crippen LogP contribution in [0.25, 0.3) is 0 Å². The monoisotopic (exact) mass is 474 g/mol. The van der Waals surface area contributed by atoms with Gasteiger partial charge in [0.2, 0.25) is 0 Å². The van der Waals surface area contributed by atoms with Gasteiger partial charge in [-0.3, -0.25) is 9.59 Å². The van der Waals surface area contributed by atoms with Crippen molar-refractivity contribution in [1.29, 1.82) is 0 Å². The van der Waals surface area contributed by atoms with Gasteiger partial charge < -0.3 is 9.80 Å². The van der Waals surface area contributed by atoms with Gasteiger partial charge in [0.05, 0.1) is 12.2 Å². The normalized spacial score (nSPS) is 20.8. The van der Waals surface area contributed by atoms with Crippen LogP contribution in [0.4, 0.5) is 10.1 Å². The van der Waals surface area contributed by atoms with Gasteiger partial charge in [-0.1, -0.05) is 47.5 Å². The van der Waals surface area contributed by atoms with E-state index in [4.69, 9.17) is 0 Å². The number of hydrogen-bond acceptors (Lipinski definition) is 3. The van der Waals surface area contributed by atoms with Crippen molar-refractivity contribution in [2.24, 2.45) is 0 Å². The zero-order valence-electron chi connectivity index (χ0n) is 19.8. The highest BCUT2D eigenvalue weighted by molar-refractivity contribution is 8.02. The van der Waals surface area contributed by atoms with E-state index in [9.17, 15) is 14.0 Å². The molecular formula is C28H27FN2O2S. The number of rotatable bonds is 3. The summed E-state index contributed by atoms with van der Waals surface area (Å²) in [5, 5.41) is 0. The van der Waals surface area contributed by atoms with Crippen LogP contribution in [-0.4, -0.2) is 28.0 Å². The Morgan fingerprint density at radius 1 is 0.971 bits per heavy atom. The van der Waals surface area contributed by atoms with E-state index in [1.54, 1.807) is 33.7 Å². The van der Waals surface area contributed by atoms with Crippen molar-refractivity contribution in [3.63, 3.8) is 0 Å². The molecule has 5 rings (SSSR count). The number of carbonyl (C=O) groups excluding carboxylic acids is 2. The molecule has 34 heavy (non-hydrogen) atoms. The third-order valence-electron chi connectivity index (χ3n) is 6.48. The minimum absolute atomic E-state index is 0.131. The molecule has 1 spiro atoms. The van der Waals surface area contributed by atoms with Crippen LogP contribution in [0.5, 0.6) is 0 Å². The second kappa shape index (κ2) is 7.98. The molecule has 1 saturated heterocycles. The summed E-state index contributed by atoms with van der Waals surface area (Å²) < 4.78 is 13.2. The molecule has 174 valence electrons. The lowest BCUT2D eigenvalue weighted by molar-refractivity contribution is -0.123. The number of carbonyl (C=O) groups is 2. The van der Waals surface area contributed by atoms with Crippen LogP contribution in [0.2, 0.25) is 0 Å². The first-order valence-corrected chi connectivity index (χ1v) is 12.2. The SMILES string of the molecule is Cc1ccc(C(=O)N2CC(C)(C)S[C@]23C(=O)N(Cc2ccc(F)cc2)c2ccc(C)cc23)cc1. The highest BCUT2D eigenvalue weighted by Gasteiger charge is 2.63. The molecule has 4 nitrogen and oxygen atoms in total. The van der Waals surface area contributed by atoms with Gasteiger partial charge in [0, 0.05) is 22.4 Å². The number of anilines is 1. The van der Waals surface area contributed by atoms with E-state index in [2.05, 4.69) is 13.8 Å². The van der Waals surface area contributed by atoms with Crippen LogP contribution in [-0.2, 0) is 16.2 Å². The molecule has 0 bridgehead atoms. The number of hydrogen-bond donors (Lipinski definition) is 0. The lowest BCUT2D eigenvalue weighted by Crippen LogP contribution is -2.50. The van der Waals surface area contributed by atoms with Gasteiger partial charge >= 0.3 is 0 Å². The number of halogens is 1. The topological polar surface area (TPSA) is 40.6 Å². The average Bonchev–Trinajstić information content (AvgIpc) is 3.21. The summed E-state index contributed by atoms with van der Waals surface area (Å²) in [5.41, 5.74) is 5.15. The second-order valence-corrected chi connectivity index (χ2v) is 11.7. The number of nitrogens with zero attached hydrogens (tertiary/aromatic N) is 2. The predicted octanol–water partition coefficient (Wildman–Crippen LogP) is 5.81. The molecule has 2 heterocycles. The first-order chi connectivity index (χ1) is 16.1. The van der Waals surface area contributed by atoms with Crippen LogP contribution in [0, 0.1) is 19.7 Å². The molecule has 0 N–H and O–H groups in total. The van der Waals surface area contributed by atoms with Crippen LogP contribution in [0.3, 0.4) is 0 Å². The molecule has 0 radical (unpaired) electrons. The molecule has 2 aliphatic heterocycles. The molecule has 6 heteroatoms. The van der Waals surface area contributed by atoms with E-state index >= 15 is 0 Å². The highest BCUT2D eigenvalue weighted by atomic mass is 32.2. The van der Waals surface area contributed by atoms with Crippen molar-refractivity contribution in [3.05, 3.63) is 100 Å². The van der Waals surface area contributed by atoms with E-state index in [0.717, 1.165) is 27.9 Å². The molecule has 2 aliphatic rings. The van der Waals surface area contributed by atoms with Gasteiger partial charge in [-0.25, -0.2) is 4.39 Å².